The number of likely N-dealkylation sites (tertiary alicyclic amines) is 1. The van der Waals surface area contributed by atoms with Crippen molar-refractivity contribution in [2.45, 2.75) is 44.2 Å². The van der Waals surface area contributed by atoms with Gasteiger partial charge in [-0.3, -0.25) is 4.79 Å². The van der Waals surface area contributed by atoms with E-state index in [0.717, 1.165) is 45.2 Å². The summed E-state index contributed by atoms with van der Waals surface area (Å²) in [5.41, 5.74) is 5.78. The number of carbonyl (C=O) groups excluding carboxylic acids is 1. The second-order valence-electron chi connectivity index (χ2n) is 4.84. The van der Waals surface area contributed by atoms with Crippen LogP contribution >= 0.6 is 0 Å². The topological polar surface area (TPSA) is 66.6 Å². The van der Waals surface area contributed by atoms with Gasteiger partial charge in [-0.2, -0.15) is 0 Å². The molecular weight excluding hydrogens is 192 g/mol. The fourth-order valence-electron chi connectivity index (χ4n) is 2.57. The molecule has 1 aliphatic heterocycles. The van der Waals surface area contributed by atoms with Crippen LogP contribution in [0, 0.1) is 5.92 Å². The van der Waals surface area contributed by atoms with E-state index in [2.05, 4.69) is 0 Å². The van der Waals surface area contributed by atoms with Gasteiger partial charge in [0.1, 0.15) is 0 Å². The molecule has 0 bridgehead atoms. The Balaban J connectivity index is 1.85. The second-order valence-corrected chi connectivity index (χ2v) is 4.84. The third-order valence-electron chi connectivity index (χ3n) is 3.58. The summed E-state index contributed by atoms with van der Waals surface area (Å²) < 4.78 is 0. The molecule has 86 valence electrons. The minimum atomic E-state index is -0.185. The van der Waals surface area contributed by atoms with Crippen LogP contribution in [0.2, 0.25) is 0 Å². The zero-order chi connectivity index (χ0) is 10.8. The zero-order valence-electron chi connectivity index (χ0n) is 9.06. The molecule has 1 amide bonds. The molecule has 4 heteroatoms. The van der Waals surface area contributed by atoms with Crippen LogP contribution in [0.4, 0.5) is 0 Å². The number of aliphatic hydroxyl groups excluding tert-OH is 1. The van der Waals surface area contributed by atoms with Crippen LogP contribution in [-0.4, -0.2) is 41.1 Å². The first-order valence-electron chi connectivity index (χ1n) is 5.89. The first kappa shape index (κ1) is 10.9. The summed E-state index contributed by atoms with van der Waals surface area (Å²) in [5.74, 6) is 0.397. The number of hydrogen-bond acceptors (Lipinski definition) is 3. The smallest absolute Gasteiger partial charge is 0.225 e. The third kappa shape index (κ3) is 2.49. The van der Waals surface area contributed by atoms with Gasteiger partial charge in [0.15, 0.2) is 0 Å². The van der Waals surface area contributed by atoms with Gasteiger partial charge in [0.25, 0.3) is 0 Å². The van der Waals surface area contributed by atoms with E-state index in [4.69, 9.17) is 5.73 Å². The van der Waals surface area contributed by atoms with E-state index in [0.29, 0.717) is 0 Å². The van der Waals surface area contributed by atoms with Gasteiger partial charge in [0, 0.05) is 25.0 Å². The predicted octanol–water partition coefficient (Wildman–Crippen LogP) is 0.0971. The maximum absolute atomic E-state index is 12.0. The summed E-state index contributed by atoms with van der Waals surface area (Å²) in [6.45, 7) is 1.54. The Hall–Kier alpha value is -0.610. The Kier molecular flexibility index (Phi) is 3.26. The number of carbonyl (C=O) groups is 1. The SMILES string of the molecule is NC1CCN(C(=O)C2CCC(O)CC2)C1. The molecule has 1 unspecified atom stereocenters. The van der Waals surface area contributed by atoms with Crippen molar-refractivity contribution in [3.05, 3.63) is 0 Å². The number of nitrogens with two attached hydrogens (primary N) is 1. The van der Waals surface area contributed by atoms with Gasteiger partial charge >= 0.3 is 0 Å². The van der Waals surface area contributed by atoms with Crippen LogP contribution in [0.25, 0.3) is 0 Å². The molecule has 0 aromatic carbocycles. The number of nitrogens with zero attached hydrogens (tertiary/aromatic N) is 1. The van der Waals surface area contributed by atoms with E-state index in [1.807, 2.05) is 4.90 Å². The summed E-state index contributed by atoms with van der Waals surface area (Å²) in [6.07, 6.45) is 3.97. The van der Waals surface area contributed by atoms with E-state index >= 15 is 0 Å². The first-order chi connectivity index (χ1) is 7.16. The molecule has 1 atom stereocenters. The number of rotatable bonds is 1. The molecule has 2 fully saturated rings. The summed E-state index contributed by atoms with van der Waals surface area (Å²) >= 11 is 0. The van der Waals surface area contributed by atoms with Gasteiger partial charge in [-0.15, -0.1) is 0 Å². The Bertz CT molecular complexity index is 237. The standard InChI is InChI=1S/C11H20N2O2/c12-9-5-6-13(7-9)11(15)8-1-3-10(14)4-2-8/h8-10,14H,1-7,12H2. The number of aliphatic hydroxyl groups is 1. The molecular formula is C11H20N2O2. The lowest BCUT2D eigenvalue weighted by molar-refractivity contribution is -0.136. The summed E-state index contributed by atoms with van der Waals surface area (Å²) in [5, 5.41) is 9.37. The number of hydrogen-bond donors (Lipinski definition) is 2. The highest BCUT2D eigenvalue weighted by Gasteiger charge is 2.31. The lowest BCUT2D eigenvalue weighted by Crippen LogP contribution is -2.38. The van der Waals surface area contributed by atoms with Crippen LogP contribution in [-0.2, 0) is 4.79 Å². The Morgan fingerprint density at radius 3 is 2.40 bits per heavy atom. The molecule has 4 nitrogen and oxygen atoms in total. The van der Waals surface area contributed by atoms with Crippen LogP contribution in [0.5, 0.6) is 0 Å². The van der Waals surface area contributed by atoms with E-state index in [9.17, 15) is 9.90 Å². The Morgan fingerprint density at radius 1 is 1.20 bits per heavy atom. The van der Waals surface area contributed by atoms with Crippen molar-refractivity contribution in [3.63, 3.8) is 0 Å². The van der Waals surface area contributed by atoms with Gasteiger partial charge in [0.05, 0.1) is 6.10 Å². The van der Waals surface area contributed by atoms with Crippen molar-refractivity contribution in [1.82, 2.24) is 4.90 Å². The maximum Gasteiger partial charge on any atom is 0.225 e. The van der Waals surface area contributed by atoms with Crippen LogP contribution < -0.4 is 5.73 Å². The van der Waals surface area contributed by atoms with Crippen molar-refractivity contribution >= 4 is 5.91 Å². The van der Waals surface area contributed by atoms with E-state index in [-0.39, 0.29) is 24.0 Å². The van der Waals surface area contributed by atoms with Crippen molar-refractivity contribution in [3.8, 4) is 0 Å². The molecule has 2 aliphatic rings. The van der Waals surface area contributed by atoms with Crippen molar-refractivity contribution < 1.29 is 9.90 Å². The minimum Gasteiger partial charge on any atom is -0.393 e. The van der Waals surface area contributed by atoms with Gasteiger partial charge in [0.2, 0.25) is 5.91 Å². The quantitative estimate of drug-likeness (QED) is 0.647. The molecule has 0 aromatic rings. The van der Waals surface area contributed by atoms with Crippen LogP contribution in [0.1, 0.15) is 32.1 Å². The summed E-state index contributed by atoms with van der Waals surface area (Å²) in [7, 11) is 0. The molecule has 1 aliphatic carbocycles. The molecule has 15 heavy (non-hydrogen) atoms. The molecule has 0 aromatic heterocycles. The summed E-state index contributed by atoms with van der Waals surface area (Å²) in [4.78, 5) is 13.9. The fourth-order valence-corrected chi connectivity index (χ4v) is 2.57. The minimum absolute atomic E-state index is 0.138. The monoisotopic (exact) mass is 212 g/mol. The van der Waals surface area contributed by atoms with Crippen molar-refractivity contribution in [2.75, 3.05) is 13.1 Å². The fraction of sp³-hybridized carbons (Fsp3) is 0.909. The highest BCUT2D eigenvalue weighted by molar-refractivity contribution is 5.79. The molecule has 1 heterocycles. The van der Waals surface area contributed by atoms with E-state index in [1.165, 1.54) is 0 Å². The van der Waals surface area contributed by atoms with Crippen LogP contribution in [0.15, 0.2) is 0 Å². The largest absolute Gasteiger partial charge is 0.393 e. The highest BCUT2D eigenvalue weighted by atomic mass is 16.3. The molecule has 0 radical (unpaired) electrons. The van der Waals surface area contributed by atoms with E-state index in [1.54, 1.807) is 0 Å². The molecule has 0 spiro atoms. The number of amides is 1. The van der Waals surface area contributed by atoms with Crippen molar-refractivity contribution in [2.24, 2.45) is 11.7 Å². The predicted molar refractivity (Wildman–Crippen MR) is 57.1 cm³/mol. The average molecular weight is 212 g/mol. The van der Waals surface area contributed by atoms with Gasteiger partial charge in [-0.25, -0.2) is 0 Å². The first-order valence-corrected chi connectivity index (χ1v) is 5.89. The van der Waals surface area contributed by atoms with Crippen molar-refractivity contribution in [1.29, 1.82) is 0 Å². The third-order valence-corrected chi connectivity index (χ3v) is 3.58. The zero-order valence-corrected chi connectivity index (χ0v) is 9.06. The molecule has 3 N–H and O–H groups in total. The molecule has 1 saturated carbocycles. The van der Waals surface area contributed by atoms with Gasteiger partial charge in [-0.1, -0.05) is 0 Å². The van der Waals surface area contributed by atoms with Gasteiger partial charge in [-0.05, 0) is 32.1 Å². The Labute approximate surface area is 90.4 Å². The maximum atomic E-state index is 12.0. The lowest BCUT2D eigenvalue weighted by atomic mass is 9.86. The van der Waals surface area contributed by atoms with Gasteiger partial charge < -0.3 is 15.7 Å². The highest BCUT2D eigenvalue weighted by Crippen LogP contribution is 2.26. The lowest BCUT2D eigenvalue weighted by Gasteiger charge is -2.28. The normalized spacial score (nSPS) is 36.9. The Morgan fingerprint density at radius 2 is 1.87 bits per heavy atom. The average Bonchev–Trinajstić information content (AvgIpc) is 2.65. The molecule has 1 saturated heterocycles. The molecule has 2 rings (SSSR count). The van der Waals surface area contributed by atoms with E-state index < -0.39 is 0 Å². The summed E-state index contributed by atoms with van der Waals surface area (Å²) in [6, 6.07) is 0.170. The second kappa shape index (κ2) is 4.49. The van der Waals surface area contributed by atoms with Crippen LogP contribution in [0.3, 0.4) is 0 Å².